The van der Waals surface area contributed by atoms with Crippen molar-refractivity contribution in [1.29, 1.82) is 0 Å². The molecule has 1 aromatic heterocycles. The number of hydrogen-bond donors (Lipinski definition) is 1. The van der Waals surface area contributed by atoms with Crippen molar-refractivity contribution in [1.82, 2.24) is 20.2 Å². The van der Waals surface area contributed by atoms with Gasteiger partial charge in [0, 0.05) is 17.9 Å². The first kappa shape index (κ1) is 13.1. The lowest BCUT2D eigenvalue weighted by molar-refractivity contribution is 0.114. The Balaban J connectivity index is 1.68. The number of aryl methyl sites for hydroxylation is 1. The highest BCUT2D eigenvalue weighted by Crippen LogP contribution is 2.28. The molecule has 2 aromatic rings. The van der Waals surface area contributed by atoms with Crippen molar-refractivity contribution >= 4 is 5.69 Å². The number of rotatable bonds is 6. The molecule has 0 amide bonds. The molecule has 0 aliphatic heterocycles. The monoisotopic (exact) mass is 273 g/mol. The average Bonchev–Trinajstić information content (AvgIpc) is 3.10. The molecule has 2 N–H and O–H groups in total. The molecule has 0 unspecified atom stereocenters. The number of nitrogens with two attached hydrogens (primary N) is 1. The van der Waals surface area contributed by atoms with Crippen LogP contribution in [0.2, 0.25) is 0 Å². The minimum atomic E-state index is 0.635. The van der Waals surface area contributed by atoms with E-state index in [1.807, 2.05) is 25.1 Å². The molecule has 106 valence electrons. The number of anilines is 1. The van der Waals surface area contributed by atoms with Gasteiger partial charge in [-0.25, -0.2) is 4.68 Å². The van der Waals surface area contributed by atoms with Crippen molar-refractivity contribution in [3.8, 4) is 11.4 Å². The highest BCUT2D eigenvalue weighted by atomic mass is 16.5. The molecule has 1 saturated carbocycles. The zero-order valence-corrected chi connectivity index (χ0v) is 11.6. The van der Waals surface area contributed by atoms with Gasteiger partial charge in [0.25, 0.3) is 0 Å². The predicted molar refractivity (Wildman–Crippen MR) is 75.9 cm³/mol. The van der Waals surface area contributed by atoms with Crippen LogP contribution in [-0.4, -0.2) is 33.4 Å². The van der Waals surface area contributed by atoms with Crippen LogP contribution in [0.5, 0.6) is 0 Å². The highest BCUT2D eigenvalue weighted by Gasteiger charge is 2.21. The zero-order chi connectivity index (χ0) is 13.9. The summed E-state index contributed by atoms with van der Waals surface area (Å²) in [5.41, 5.74) is 8.63. The van der Waals surface area contributed by atoms with Crippen molar-refractivity contribution in [2.24, 2.45) is 5.92 Å². The van der Waals surface area contributed by atoms with E-state index in [-0.39, 0.29) is 0 Å². The summed E-state index contributed by atoms with van der Waals surface area (Å²) in [6.07, 6.45) is 2.61. The van der Waals surface area contributed by atoms with Crippen molar-refractivity contribution in [3.63, 3.8) is 0 Å². The largest absolute Gasteiger partial charge is 0.399 e. The SMILES string of the molecule is Cc1cc(N)cc(-c2nnnn2CCOCC2CC2)c1. The van der Waals surface area contributed by atoms with Crippen molar-refractivity contribution in [2.45, 2.75) is 26.3 Å². The number of ether oxygens (including phenoxy) is 1. The highest BCUT2D eigenvalue weighted by molar-refractivity contribution is 5.62. The first-order valence-corrected chi connectivity index (χ1v) is 6.94. The summed E-state index contributed by atoms with van der Waals surface area (Å²) in [6.45, 7) is 4.15. The van der Waals surface area contributed by atoms with Gasteiger partial charge in [-0.2, -0.15) is 0 Å². The summed E-state index contributed by atoms with van der Waals surface area (Å²) in [6, 6.07) is 5.85. The number of benzene rings is 1. The number of tetrazole rings is 1. The van der Waals surface area contributed by atoms with Crippen LogP contribution >= 0.6 is 0 Å². The topological polar surface area (TPSA) is 78.9 Å². The van der Waals surface area contributed by atoms with Gasteiger partial charge >= 0.3 is 0 Å². The maximum absolute atomic E-state index is 5.87. The Morgan fingerprint density at radius 3 is 2.95 bits per heavy atom. The standard InChI is InChI=1S/C14H19N5O/c1-10-6-12(8-13(15)7-10)14-16-17-18-19(14)4-5-20-9-11-2-3-11/h6-8,11H,2-5,9,15H2,1H3. The van der Waals surface area contributed by atoms with Gasteiger partial charge < -0.3 is 10.5 Å². The fraction of sp³-hybridized carbons (Fsp3) is 0.500. The first-order chi connectivity index (χ1) is 9.72. The van der Waals surface area contributed by atoms with Gasteiger partial charge in [0.05, 0.1) is 13.2 Å². The molecule has 1 aromatic carbocycles. The molecule has 20 heavy (non-hydrogen) atoms. The van der Waals surface area contributed by atoms with Crippen molar-refractivity contribution < 1.29 is 4.74 Å². The van der Waals surface area contributed by atoms with E-state index in [0.717, 1.165) is 35.2 Å². The van der Waals surface area contributed by atoms with Crippen LogP contribution in [0.25, 0.3) is 11.4 Å². The van der Waals surface area contributed by atoms with Crippen molar-refractivity contribution in [3.05, 3.63) is 23.8 Å². The second kappa shape index (κ2) is 5.58. The van der Waals surface area contributed by atoms with Gasteiger partial charge in [-0.05, 0) is 59.9 Å². The Morgan fingerprint density at radius 2 is 2.20 bits per heavy atom. The number of hydrogen-bond acceptors (Lipinski definition) is 5. The average molecular weight is 273 g/mol. The van der Waals surface area contributed by atoms with E-state index >= 15 is 0 Å². The molecule has 3 rings (SSSR count). The molecular weight excluding hydrogens is 254 g/mol. The summed E-state index contributed by atoms with van der Waals surface area (Å²) < 4.78 is 7.39. The minimum absolute atomic E-state index is 0.635. The second-order valence-corrected chi connectivity index (χ2v) is 5.38. The first-order valence-electron chi connectivity index (χ1n) is 6.94. The molecule has 0 bridgehead atoms. The molecule has 1 aliphatic carbocycles. The van der Waals surface area contributed by atoms with E-state index in [0.29, 0.717) is 13.2 Å². The molecule has 1 fully saturated rings. The molecule has 1 aliphatic rings. The van der Waals surface area contributed by atoms with Crippen LogP contribution in [0.1, 0.15) is 18.4 Å². The lowest BCUT2D eigenvalue weighted by Crippen LogP contribution is -2.10. The third kappa shape index (κ3) is 3.14. The third-order valence-electron chi connectivity index (χ3n) is 3.39. The summed E-state index contributed by atoms with van der Waals surface area (Å²) in [7, 11) is 0. The molecular formula is C14H19N5O. The van der Waals surface area contributed by atoms with E-state index in [9.17, 15) is 0 Å². The van der Waals surface area contributed by atoms with Crippen LogP contribution in [-0.2, 0) is 11.3 Å². The Labute approximate surface area is 117 Å². The van der Waals surface area contributed by atoms with Gasteiger partial charge in [-0.3, -0.25) is 0 Å². The van der Waals surface area contributed by atoms with Crippen LogP contribution in [0.3, 0.4) is 0 Å². The smallest absolute Gasteiger partial charge is 0.182 e. The quantitative estimate of drug-likeness (QED) is 0.639. The molecule has 1 heterocycles. The van der Waals surface area contributed by atoms with E-state index in [1.54, 1.807) is 4.68 Å². The van der Waals surface area contributed by atoms with Gasteiger partial charge in [-0.1, -0.05) is 0 Å². The molecule has 0 radical (unpaired) electrons. The summed E-state index contributed by atoms with van der Waals surface area (Å²) in [5, 5.41) is 11.9. The summed E-state index contributed by atoms with van der Waals surface area (Å²) in [4.78, 5) is 0. The maximum Gasteiger partial charge on any atom is 0.182 e. The molecule has 0 spiro atoms. The third-order valence-corrected chi connectivity index (χ3v) is 3.39. The van der Waals surface area contributed by atoms with Gasteiger partial charge in [0.2, 0.25) is 0 Å². The van der Waals surface area contributed by atoms with Crippen LogP contribution in [0.4, 0.5) is 5.69 Å². The van der Waals surface area contributed by atoms with E-state index in [1.165, 1.54) is 12.8 Å². The van der Waals surface area contributed by atoms with Crippen LogP contribution < -0.4 is 5.73 Å². The zero-order valence-electron chi connectivity index (χ0n) is 11.6. The summed E-state index contributed by atoms with van der Waals surface area (Å²) in [5.74, 6) is 1.51. The lowest BCUT2D eigenvalue weighted by Gasteiger charge is -2.07. The van der Waals surface area contributed by atoms with E-state index in [4.69, 9.17) is 10.5 Å². The minimum Gasteiger partial charge on any atom is -0.399 e. The number of nitrogen functional groups attached to an aromatic ring is 1. The molecule has 0 saturated heterocycles. The number of aromatic nitrogens is 4. The fourth-order valence-electron chi connectivity index (χ4n) is 2.19. The van der Waals surface area contributed by atoms with Crippen molar-refractivity contribution in [2.75, 3.05) is 18.9 Å². The van der Waals surface area contributed by atoms with Crippen LogP contribution in [0.15, 0.2) is 18.2 Å². The Hall–Kier alpha value is -1.95. The van der Waals surface area contributed by atoms with Gasteiger partial charge in [0.1, 0.15) is 0 Å². The normalized spacial score (nSPS) is 14.7. The maximum atomic E-state index is 5.87. The van der Waals surface area contributed by atoms with Gasteiger partial charge in [-0.15, -0.1) is 5.10 Å². The Morgan fingerprint density at radius 1 is 1.35 bits per heavy atom. The Kier molecular flexibility index (Phi) is 3.64. The van der Waals surface area contributed by atoms with Crippen LogP contribution in [0, 0.1) is 12.8 Å². The fourth-order valence-corrected chi connectivity index (χ4v) is 2.19. The molecule has 0 atom stereocenters. The van der Waals surface area contributed by atoms with Gasteiger partial charge in [0.15, 0.2) is 5.82 Å². The van der Waals surface area contributed by atoms with E-state index in [2.05, 4.69) is 15.5 Å². The Bertz CT molecular complexity index is 571. The van der Waals surface area contributed by atoms with E-state index < -0.39 is 0 Å². The molecule has 6 heteroatoms. The lowest BCUT2D eigenvalue weighted by atomic mass is 10.1. The predicted octanol–water partition coefficient (Wildman–Crippen LogP) is 1.66. The molecule has 6 nitrogen and oxygen atoms in total. The second-order valence-electron chi connectivity index (χ2n) is 5.38. The summed E-state index contributed by atoms with van der Waals surface area (Å²) >= 11 is 0. The number of nitrogens with zero attached hydrogens (tertiary/aromatic N) is 4.